The van der Waals surface area contributed by atoms with E-state index in [0.717, 1.165) is 0 Å². The Morgan fingerprint density at radius 2 is 2.22 bits per heavy atom. The molecule has 0 aromatic heterocycles. The number of carbonyl (C=O) groups excluding carboxylic acids is 1. The van der Waals surface area contributed by atoms with E-state index in [1.165, 1.54) is 7.11 Å². The summed E-state index contributed by atoms with van der Waals surface area (Å²) in [7, 11) is 1.46. The second-order valence-electron chi connectivity index (χ2n) is 5.05. The van der Waals surface area contributed by atoms with Gasteiger partial charge in [0.15, 0.2) is 0 Å². The highest BCUT2D eigenvalue weighted by molar-refractivity contribution is 5.86. The van der Waals surface area contributed by atoms with Crippen LogP contribution in [0.3, 0.4) is 0 Å². The molecule has 0 spiro atoms. The first-order chi connectivity index (χ1) is 8.30. The fraction of sp³-hybridized carbons (Fsp3) is 0.833. The fourth-order valence-electron chi connectivity index (χ4n) is 1.79. The molecular weight excluding hydrogens is 238 g/mol. The van der Waals surface area contributed by atoms with Crippen LogP contribution in [0.5, 0.6) is 0 Å². The Morgan fingerprint density at radius 3 is 2.67 bits per heavy atom. The summed E-state index contributed by atoms with van der Waals surface area (Å²) in [6.45, 7) is 5.39. The van der Waals surface area contributed by atoms with Gasteiger partial charge in [-0.15, -0.1) is 0 Å². The molecule has 0 aromatic rings. The Labute approximate surface area is 107 Å². The van der Waals surface area contributed by atoms with Crippen molar-refractivity contribution < 1.29 is 24.2 Å². The predicted molar refractivity (Wildman–Crippen MR) is 64.2 cm³/mol. The van der Waals surface area contributed by atoms with Crippen LogP contribution in [0.15, 0.2) is 0 Å². The van der Waals surface area contributed by atoms with Gasteiger partial charge in [-0.25, -0.2) is 0 Å². The van der Waals surface area contributed by atoms with E-state index in [-0.39, 0.29) is 19.1 Å². The molecule has 1 fully saturated rings. The second-order valence-corrected chi connectivity index (χ2v) is 5.05. The summed E-state index contributed by atoms with van der Waals surface area (Å²) in [6, 6.07) is -0.538. The molecule has 3 unspecified atom stereocenters. The average molecular weight is 259 g/mol. The summed E-state index contributed by atoms with van der Waals surface area (Å²) in [5.74, 6) is -1.28. The molecule has 6 nitrogen and oxygen atoms in total. The lowest BCUT2D eigenvalue weighted by Gasteiger charge is -2.31. The van der Waals surface area contributed by atoms with Gasteiger partial charge in [-0.2, -0.15) is 0 Å². The SMILES string of the molecule is CCC(C)(OC)C(=O)NC1COCC1(C)C(=O)O. The van der Waals surface area contributed by atoms with Crippen molar-refractivity contribution >= 4 is 11.9 Å². The zero-order chi connectivity index (χ0) is 14.0. The lowest BCUT2D eigenvalue weighted by molar-refractivity contribution is -0.150. The highest BCUT2D eigenvalue weighted by Gasteiger charge is 2.48. The Hall–Kier alpha value is -1.14. The number of ether oxygens (including phenoxy) is 2. The Balaban J connectivity index is 2.79. The maximum absolute atomic E-state index is 12.1. The molecule has 18 heavy (non-hydrogen) atoms. The van der Waals surface area contributed by atoms with Gasteiger partial charge < -0.3 is 19.9 Å². The second kappa shape index (κ2) is 5.24. The van der Waals surface area contributed by atoms with Crippen molar-refractivity contribution in [2.24, 2.45) is 5.41 Å². The predicted octanol–water partition coefficient (Wildman–Crippen LogP) is 0.407. The van der Waals surface area contributed by atoms with Gasteiger partial charge in [0, 0.05) is 7.11 Å². The van der Waals surface area contributed by atoms with E-state index in [2.05, 4.69) is 5.32 Å². The van der Waals surface area contributed by atoms with Gasteiger partial charge in [0.2, 0.25) is 0 Å². The molecule has 104 valence electrons. The van der Waals surface area contributed by atoms with E-state index < -0.39 is 23.0 Å². The van der Waals surface area contributed by atoms with Crippen molar-refractivity contribution in [1.29, 1.82) is 0 Å². The standard InChI is InChI=1S/C12H21NO5/c1-5-12(3,17-4)9(14)13-8-6-18-7-11(8,2)10(15)16/h8H,5-7H2,1-4H3,(H,13,14)(H,15,16). The number of nitrogens with one attached hydrogen (secondary N) is 1. The van der Waals surface area contributed by atoms with Crippen molar-refractivity contribution in [2.75, 3.05) is 20.3 Å². The lowest BCUT2D eigenvalue weighted by atomic mass is 9.85. The molecule has 1 aliphatic heterocycles. The molecule has 1 rings (SSSR count). The third-order valence-electron chi connectivity index (χ3n) is 3.85. The quantitative estimate of drug-likeness (QED) is 0.747. The highest BCUT2D eigenvalue weighted by Crippen LogP contribution is 2.29. The third kappa shape index (κ3) is 2.49. The minimum Gasteiger partial charge on any atom is -0.481 e. The van der Waals surface area contributed by atoms with E-state index in [1.54, 1.807) is 13.8 Å². The van der Waals surface area contributed by atoms with Crippen LogP contribution in [-0.4, -0.2) is 48.9 Å². The molecule has 2 N–H and O–H groups in total. The first-order valence-corrected chi connectivity index (χ1v) is 5.97. The van der Waals surface area contributed by atoms with Crippen LogP contribution in [0, 0.1) is 5.41 Å². The maximum Gasteiger partial charge on any atom is 0.313 e. The first kappa shape index (κ1) is 14.9. The summed E-state index contributed by atoms with van der Waals surface area (Å²) in [5, 5.41) is 11.9. The fourth-order valence-corrected chi connectivity index (χ4v) is 1.79. The molecule has 1 amide bonds. The molecule has 1 saturated heterocycles. The zero-order valence-corrected chi connectivity index (χ0v) is 11.3. The number of rotatable bonds is 5. The minimum atomic E-state index is -1.09. The summed E-state index contributed by atoms with van der Waals surface area (Å²) in [6.07, 6.45) is 0.507. The molecule has 3 atom stereocenters. The minimum absolute atomic E-state index is 0.100. The van der Waals surface area contributed by atoms with Crippen molar-refractivity contribution in [1.82, 2.24) is 5.32 Å². The molecule has 0 aliphatic carbocycles. The number of carboxylic acids is 1. The summed E-state index contributed by atoms with van der Waals surface area (Å²) < 4.78 is 10.4. The number of amides is 1. The normalized spacial score (nSPS) is 30.8. The maximum atomic E-state index is 12.1. The van der Waals surface area contributed by atoms with Crippen LogP contribution in [0.25, 0.3) is 0 Å². The van der Waals surface area contributed by atoms with Gasteiger partial charge in [0.05, 0.1) is 19.3 Å². The summed E-state index contributed by atoms with van der Waals surface area (Å²) >= 11 is 0. The van der Waals surface area contributed by atoms with E-state index in [0.29, 0.717) is 6.42 Å². The Bertz CT molecular complexity index is 339. The van der Waals surface area contributed by atoms with Crippen LogP contribution in [0.1, 0.15) is 27.2 Å². The first-order valence-electron chi connectivity index (χ1n) is 5.97. The Kier molecular flexibility index (Phi) is 4.34. The number of hydrogen-bond donors (Lipinski definition) is 2. The molecule has 6 heteroatoms. The molecule has 0 saturated carbocycles. The number of carbonyl (C=O) groups is 2. The monoisotopic (exact) mass is 259 g/mol. The van der Waals surface area contributed by atoms with Crippen molar-refractivity contribution in [3.8, 4) is 0 Å². The van der Waals surface area contributed by atoms with Crippen molar-refractivity contribution in [2.45, 2.75) is 38.8 Å². The van der Waals surface area contributed by atoms with E-state index in [4.69, 9.17) is 9.47 Å². The molecule has 0 bridgehead atoms. The summed E-state index contributed by atoms with van der Waals surface area (Å²) in [5.41, 5.74) is -2.03. The van der Waals surface area contributed by atoms with Crippen LogP contribution in [0.2, 0.25) is 0 Å². The van der Waals surface area contributed by atoms with Crippen LogP contribution >= 0.6 is 0 Å². The molecule has 0 aromatic carbocycles. The number of carboxylic acid groups (broad SMARTS) is 1. The molecule has 1 aliphatic rings. The van der Waals surface area contributed by atoms with E-state index >= 15 is 0 Å². The highest BCUT2D eigenvalue weighted by atomic mass is 16.5. The van der Waals surface area contributed by atoms with Crippen molar-refractivity contribution in [3.05, 3.63) is 0 Å². The smallest absolute Gasteiger partial charge is 0.313 e. The number of methoxy groups -OCH3 is 1. The summed E-state index contributed by atoms with van der Waals surface area (Å²) in [4.78, 5) is 23.4. The van der Waals surface area contributed by atoms with Crippen LogP contribution < -0.4 is 5.32 Å². The number of hydrogen-bond acceptors (Lipinski definition) is 4. The lowest BCUT2D eigenvalue weighted by Crippen LogP contribution is -2.55. The van der Waals surface area contributed by atoms with Crippen molar-refractivity contribution in [3.63, 3.8) is 0 Å². The van der Waals surface area contributed by atoms with Gasteiger partial charge in [-0.3, -0.25) is 9.59 Å². The largest absolute Gasteiger partial charge is 0.481 e. The average Bonchev–Trinajstić information content (AvgIpc) is 2.71. The molecular formula is C12H21NO5. The third-order valence-corrected chi connectivity index (χ3v) is 3.85. The van der Waals surface area contributed by atoms with Gasteiger partial charge in [0.25, 0.3) is 5.91 Å². The van der Waals surface area contributed by atoms with E-state index in [9.17, 15) is 14.7 Å². The number of aliphatic carboxylic acids is 1. The van der Waals surface area contributed by atoms with Gasteiger partial charge in [-0.1, -0.05) is 6.92 Å². The zero-order valence-electron chi connectivity index (χ0n) is 11.3. The Morgan fingerprint density at radius 1 is 1.61 bits per heavy atom. The van der Waals surface area contributed by atoms with Gasteiger partial charge in [0.1, 0.15) is 11.0 Å². The van der Waals surface area contributed by atoms with Gasteiger partial charge >= 0.3 is 5.97 Å². The van der Waals surface area contributed by atoms with Gasteiger partial charge in [-0.05, 0) is 20.3 Å². The van der Waals surface area contributed by atoms with E-state index in [1.807, 2.05) is 6.92 Å². The molecule has 0 radical (unpaired) electrons. The van der Waals surface area contributed by atoms with Crippen LogP contribution in [0.4, 0.5) is 0 Å². The topological polar surface area (TPSA) is 84.9 Å². The molecule has 1 heterocycles. The van der Waals surface area contributed by atoms with Crippen LogP contribution in [-0.2, 0) is 19.1 Å².